The van der Waals surface area contributed by atoms with Gasteiger partial charge in [0.05, 0.1) is 12.3 Å². The molecule has 2 saturated heterocycles. The van der Waals surface area contributed by atoms with Crippen LogP contribution in [0, 0.1) is 17.3 Å². The molecule has 1 N–H and O–H groups in total. The first-order valence-corrected chi connectivity index (χ1v) is 10.2. The summed E-state index contributed by atoms with van der Waals surface area (Å²) in [6, 6.07) is 3.98. The number of thiophene rings is 1. The summed E-state index contributed by atoms with van der Waals surface area (Å²) in [6.07, 6.45) is 4.65. The van der Waals surface area contributed by atoms with Crippen LogP contribution >= 0.6 is 11.3 Å². The SMILES string of the molecule is O=C(NCC1CC1)[C@@H]1CN(C(=O)Cc2cccs2)CC12CCOCC2. The molecule has 2 aliphatic heterocycles. The fraction of sp³-hybridized carbons (Fsp3) is 0.684. The van der Waals surface area contributed by atoms with Crippen LogP contribution in [0.5, 0.6) is 0 Å². The molecule has 136 valence electrons. The van der Waals surface area contributed by atoms with Gasteiger partial charge >= 0.3 is 0 Å². The van der Waals surface area contributed by atoms with Crippen molar-refractivity contribution in [2.75, 3.05) is 32.8 Å². The Morgan fingerprint density at radius 2 is 2.12 bits per heavy atom. The zero-order chi connectivity index (χ0) is 17.3. The molecule has 0 radical (unpaired) electrons. The Hall–Kier alpha value is -1.40. The van der Waals surface area contributed by atoms with Crippen molar-refractivity contribution in [2.24, 2.45) is 17.3 Å². The molecule has 3 fully saturated rings. The predicted molar refractivity (Wildman–Crippen MR) is 96.3 cm³/mol. The maximum atomic E-state index is 12.8. The van der Waals surface area contributed by atoms with E-state index in [2.05, 4.69) is 5.32 Å². The smallest absolute Gasteiger partial charge is 0.227 e. The quantitative estimate of drug-likeness (QED) is 0.872. The molecule has 5 nitrogen and oxygen atoms in total. The molecule has 25 heavy (non-hydrogen) atoms. The van der Waals surface area contributed by atoms with Crippen LogP contribution in [0.15, 0.2) is 17.5 Å². The van der Waals surface area contributed by atoms with E-state index in [0.717, 1.165) is 24.3 Å². The summed E-state index contributed by atoms with van der Waals surface area (Å²) in [7, 11) is 0. The minimum absolute atomic E-state index is 0.0950. The number of carbonyl (C=O) groups excluding carboxylic acids is 2. The highest BCUT2D eigenvalue weighted by atomic mass is 32.1. The minimum Gasteiger partial charge on any atom is -0.381 e. The molecule has 1 atom stereocenters. The summed E-state index contributed by atoms with van der Waals surface area (Å²) in [6.45, 7) is 3.44. The number of rotatable bonds is 5. The second-order valence-corrected chi connectivity index (χ2v) is 8.78. The molecule has 6 heteroatoms. The Labute approximate surface area is 152 Å². The number of likely N-dealkylation sites (tertiary alicyclic amines) is 1. The van der Waals surface area contributed by atoms with E-state index >= 15 is 0 Å². The lowest BCUT2D eigenvalue weighted by Crippen LogP contribution is -2.44. The molecule has 0 aromatic carbocycles. The number of hydrogen-bond donors (Lipinski definition) is 1. The predicted octanol–water partition coefficient (Wildman–Crippen LogP) is 2.07. The van der Waals surface area contributed by atoms with Gasteiger partial charge in [0.15, 0.2) is 0 Å². The van der Waals surface area contributed by atoms with Crippen LogP contribution in [0.25, 0.3) is 0 Å². The van der Waals surface area contributed by atoms with Gasteiger partial charge in [-0.2, -0.15) is 0 Å². The minimum atomic E-state index is -0.100. The van der Waals surface area contributed by atoms with Gasteiger partial charge in [-0.1, -0.05) is 6.07 Å². The van der Waals surface area contributed by atoms with Gasteiger partial charge in [0.1, 0.15) is 0 Å². The van der Waals surface area contributed by atoms with E-state index in [4.69, 9.17) is 4.74 Å². The van der Waals surface area contributed by atoms with Crippen molar-refractivity contribution in [3.63, 3.8) is 0 Å². The van der Waals surface area contributed by atoms with Gasteiger partial charge in [-0.15, -0.1) is 11.3 Å². The van der Waals surface area contributed by atoms with Crippen LogP contribution in [0.1, 0.15) is 30.6 Å². The van der Waals surface area contributed by atoms with Crippen molar-refractivity contribution in [1.29, 1.82) is 0 Å². The number of carbonyl (C=O) groups is 2. The second-order valence-electron chi connectivity index (χ2n) is 7.75. The van der Waals surface area contributed by atoms with E-state index in [1.807, 2.05) is 22.4 Å². The van der Waals surface area contributed by atoms with Crippen molar-refractivity contribution in [3.05, 3.63) is 22.4 Å². The third-order valence-corrected chi connectivity index (χ3v) is 6.85. The molecular weight excluding hydrogens is 336 g/mol. The molecule has 3 heterocycles. The van der Waals surface area contributed by atoms with E-state index in [9.17, 15) is 9.59 Å². The zero-order valence-corrected chi connectivity index (χ0v) is 15.4. The first-order chi connectivity index (χ1) is 12.2. The molecule has 0 bridgehead atoms. The van der Waals surface area contributed by atoms with Crippen molar-refractivity contribution < 1.29 is 14.3 Å². The molecule has 1 aliphatic carbocycles. The van der Waals surface area contributed by atoms with Gasteiger partial charge in [-0.25, -0.2) is 0 Å². The lowest BCUT2D eigenvalue weighted by Gasteiger charge is -2.37. The molecule has 3 aliphatic rings. The third kappa shape index (κ3) is 3.75. The Morgan fingerprint density at radius 1 is 1.32 bits per heavy atom. The maximum Gasteiger partial charge on any atom is 0.227 e. The Bertz CT molecular complexity index is 621. The highest BCUT2D eigenvalue weighted by Crippen LogP contribution is 2.44. The molecule has 1 aromatic heterocycles. The fourth-order valence-corrected chi connectivity index (χ4v) is 4.86. The number of ether oxygens (including phenoxy) is 1. The van der Waals surface area contributed by atoms with Crippen LogP contribution < -0.4 is 5.32 Å². The van der Waals surface area contributed by atoms with Crippen molar-refractivity contribution in [1.82, 2.24) is 10.2 Å². The average molecular weight is 362 g/mol. The number of hydrogen-bond acceptors (Lipinski definition) is 4. The van der Waals surface area contributed by atoms with Crippen LogP contribution in [-0.4, -0.2) is 49.6 Å². The molecule has 1 spiro atoms. The van der Waals surface area contributed by atoms with E-state index in [1.165, 1.54) is 12.8 Å². The zero-order valence-electron chi connectivity index (χ0n) is 14.5. The monoisotopic (exact) mass is 362 g/mol. The van der Waals surface area contributed by atoms with Crippen molar-refractivity contribution >= 4 is 23.2 Å². The van der Waals surface area contributed by atoms with E-state index in [0.29, 0.717) is 38.6 Å². The van der Waals surface area contributed by atoms with E-state index in [1.54, 1.807) is 11.3 Å². The molecule has 4 rings (SSSR count). The van der Waals surface area contributed by atoms with Gasteiger partial charge < -0.3 is 15.0 Å². The standard InChI is InChI=1S/C19H26N2O3S/c22-17(10-15-2-1-9-25-15)21-12-16(18(23)20-11-14-3-4-14)19(13-21)5-7-24-8-6-19/h1-2,9,14,16H,3-8,10-13H2,(H,20,23)/t16-/m0/s1. The van der Waals surface area contributed by atoms with Gasteiger partial charge in [0, 0.05) is 43.1 Å². The van der Waals surface area contributed by atoms with Crippen molar-refractivity contribution in [2.45, 2.75) is 32.1 Å². The Morgan fingerprint density at radius 3 is 2.80 bits per heavy atom. The summed E-state index contributed by atoms with van der Waals surface area (Å²) >= 11 is 1.62. The normalized spacial score (nSPS) is 25.3. The molecule has 1 aromatic rings. The van der Waals surface area contributed by atoms with Crippen LogP contribution in [0.3, 0.4) is 0 Å². The number of nitrogens with one attached hydrogen (secondary N) is 1. The molecule has 2 amide bonds. The maximum absolute atomic E-state index is 12.8. The topological polar surface area (TPSA) is 58.6 Å². The van der Waals surface area contributed by atoms with E-state index in [-0.39, 0.29) is 23.1 Å². The summed E-state index contributed by atoms with van der Waals surface area (Å²) in [4.78, 5) is 28.6. The Balaban J connectivity index is 1.45. The van der Waals surface area contributed by atoms with E-state index < -0.39 is 0 Å². The van der Waals surface area contributed by atoms with Crippen LogP contribution in [-0.2, 0) is 20.7 Å². The second kappa shape index (κ2) is 7.08. The highest BCUT2D eigenvalue weighted by molar-refractivity contribution is 7.10. The summed E-state index contributed by atoms with van der Waals surface area (Å²) in [5.74, 6) is 0.862. The summed E-state index contributed by atoms with van der Waals surface area (Å²) < 4.78 is 5.54. The first-order valence-electron chi connectivity index (χ1n) is 9.32. The average Bonchev–Trinajstić information content (AvgIpc) is 3.18. The van der Waals surface area contributed by atoms with Gasteiger partial charge in [-0.05, 0) is 43.0 Å². The number of amides is 2. The Kier molecular flexibility index (Phi) is 4.82. The largest absolute Gasteiger partial charge is 0.381 e. The number of nitrogens with zero attached hydrogens (tertiary/aromatic N) is 1. The summed E-state index contributed by atoms with van der Waals surface area (Å²) in [5.41, 5.74) is -0.100. The lowest BCUT2D eigenvalue weighted by molar-refractivity contribution is -0.130. The molecule has 0 unspecified atom stereocenters. The molecular formula is C19H26N2O3S. The van der Waals surface area contributed by atoms with Crippen molar-refractivity contribution in [3.8, 4) is 0 Å². The van der Waals surface area contributed by atoms with Gasteiger partial charge in [0.2, 0.25) is 11.8 Å². The third-order valence-electron chi connectivity index (χ3n) is 5.97. The summed E-state index contributed by atoms with van der Waals surface area (Å²) in [5, 5.41) is 5.15. The van der Waals surface area contributed by atoms with Gasteiger partial charge in [-0.3, -0.25) is 9.59 Å². The molecule has 1 saturated carbocycles. The lowest BCUT2D eigenvalue weighted by atomic mass is 9.71. The first kappa shape index (κ1) is 17.0. The highest BCUT2D eigenvalue weighted by Gasteiger charge is 2.51. The fourth-order valence-electron chi connectivity index (χ4n) is 4.17. The van der Waals surface area contributed by atoms with Gasteiger partial charge in [0.25, 0.3) is 0 Å². The van der Waals surface area contributed by atoms with Crippen LogP contribution in [0.4, 0.5) is 0 Å². The van der Waals surface area contributed by atoms with Crippen LogP contribution in [0.2, 0.25) is 0 Å².